The van der Waals surface area contributed by atoms with Crippen LogP contribution in [0.3, 0.4) is 0 Å². The average molecular weight is 454 g/mol. The van der Waals surface area contributed by atoms with Crippen LogP contribution in [-0.4, -0.2) is 18.4 Å². The highest BCUT2D eigenvalue weighted by molar-refractivity contribution is 6.35. The second-order valence-electron chi connectivity index (χ2n) is 7.65. The number of carbonyl (C=O) groups excluding carboxylic acids is 2. The van der Waals surface area contributed by atoms with Gasteiger partial charge in [0.15, 0.2) is 0 Å². The van der Waals surface area contributed by atoms with Crippen LogP contribution in [0.25, 0.3) is 6.08 Å². The highest BCUT2D eigenvalue weighted by Crippen LogP contribution is 2.26. The van der Waals surface area contributed by atoms with Crippen LogP contribution >= 0.6 is 34.8 Å². The van der Waals surface area contributed by atoms with Crippen LogP contribution in [0.4, 0.5) is 0 Å². The largest absolute Gasteiger partial charge is 0.347 e. The molecule has 0 saturated carbocycles. The SMILES string of the molecule is CC(C)(C)[C@H](/C=C/c1ccc(Cl)cc1Cl)NC(=O)[C@H](NC=O)c1ccc(Cl)cc1. The molecule has 4 nitrogen and oxygen atoms in total. The van der Waals surface area contributed by atoms with Gasteiger partial charge in [0.2, 0.25) is 12.3 Å². The lowest BCUT2D eigenvalue weighted by Gasteiger charge is -2.30. The molecule has 154 valence electrons. The maximum Gasteiger partial charge on any atom is 0.247 e. The molecule has 2 rings (SSSR count). The first-order valence-corrected chi connectivity index (χ1v) is 10.1. The van der Waals surface area contributed by atoms with Crippen molar-refractivity contribution in [1.82, 2.24) is 10.6 Å². The van der Waals surface area contributed by atoms with Gasteiger partial charge in [-0.2, -0.15) is 0 Å². The second-order valence-corrected chi connectivity index (χ2v) is 8.93. The van der Waals surface area contributed by atoms with Gasteiger partial charge in [-0.05, 0) is 40.8 Å². The van der Waals surface area contributed by atoms with Gasteiger partial charge in [-0.15, -0.1) is 0 Å². The fourth-order valence-corrected chi connectivity index (χ4v) is 3.27. The smallest absolute Gasteiger partial charge is 0.247 e. The summed E-state index contributed by atoms with van der Waals surface area (Å²) in [5.41, 5.74) is 1.15. The molecular weight excluding hydrogens is 431 g/mol. The van der Waals surface area contributed by atoms with E-state index >= 15 is 0 Å². The molecule has 0 heterocycles. The first-order chi connectivity index (χ1) is 13.6. The predicted octanol–water partition coefficient (Wildman–Crippen LogP) is 5.68. The molecule has 0 aliphatic heterocycles. The molecule has 0 bridgehead atoms. The zero-order valence-corrected chi connectivity index (χ0v) is 18.6. The minimum absolute atomic E-state index is 0.281. The molecule has 2 aromatic carbocycles. The summed E-state index contributed by atoms with van der Waals surface area (Å²) in [6.45, 7) is 6.03. The van der Waals surface area contributed by atoms with Gasteiger partial charge in [-0.3, -0.25) is 9.59 Å². The zero-order chi connectivity index (χ0) is 21.6. The van der Waals surface area contributed by atoms with Gasteiger partial charge in [-0.25, -0.2) is 0 Å². The van der Waals surface area contributed by atoms with Crippen LogP contribution in [0, 0.1) is 5.41 Å². The zero-order valence-electron chi connectivity index (χ0n) is 16.4. The molecule has 0 aliphatic rings. The summed E-state index contributed by atoms with van der Waals surface area (Å²) in [6.07, 6.45) is 4.24. The van der Waals surface area contributed by atoms with Gasteiger partial charge < -0.3 is 10.6 Å². The Morgan fingerprint density at radius 2 is 1.62 bits per heavy atom. The predicted molar refractivity (Wildman–Crippen MR) is 120 cm³/mol. The Balaban J connectivity index is 2.25. The summed E-state index contributed by atoms with van der Waals surface area (Å²) >= 11 is 18.1. The third-order valence-electron chi connectivity index (χ3n) is 4.36. The summed E-state index contributed by atoms with van der Waals surface area (Å²) in [4.78, 5) is 24.0. The third-order valence-corrected chi connectivity index (χ3v) is 5.18. The number of halogens is 3. The van der Waals surface area contributed by atoms with Gasteiger partial charge in [0.25, 0.3) is 0 Å². The Kier molecular flexibility index (Phi) is 8.14. The van der Waals surface area contributed by atoms with E-state index in [2.05, 4.69) is 10.6 Å². The lowest BCUT2D eigenvalue weighted by atomic mass is 9.86. The number of nitrogens with one attached hydrogen (secondary N) is 2. The van der Waals surface area contributed by atoms with E-state index < -0.39 is 6.04 Å². The van der Waals surface area contributed by atoms with E-state index in [4.69, 9.17) is 34.8 Å². The molecule has 0 aliphatic carbocycles. The number of hydrogen-bond acceptors (Lipinski definition) is 2. The molecular formula is C22H23Cl3N2O2. The number of benzene rings is 2. The van der Waals surface area contributed by atoms with Crippen LogP contribution in [0.2, 0.25) is 15.1 Å². The van der Waals surface area contributed by atoms with E-state index in [0.29, 0.717) is 27.0 Å². The average Bonchev–Trinajstić information content (AvgIpc) is 2.64. The Labute approximate surface area is 186 Å². The number of rotatable bonds is 7. The van der Waals surface area contributed by atoms with Crippen molar-refractivity contribution in [3.05, 3.63) is 74.7 Å². The summed E-state index contributed by atoms with van der Waals surface area (Å²) < 4.78 is 0. The standard InChI is InChI=1S/C22H23Cl3N2O2/c1-22(2,3)19(11-7-14-4-10-17(24)12-18(14)25)27-21(29)20(26-13-28)15-5-8-16(23)9-6-15/h4-13,19-20H,1-3H3,(H,26,28)(H,27,29)/b11-7+/t19-,20+/m0/s1. The molecule has 0 fully saturated rings. The van der Waals surface area contributed by atoms with Crippen molar-refractivity contribution in [2.75, 3.05) is 0 Å². The Hall–Kier alpha value is -2.01. The minimum Gasteiger partial charge on any atom is -0.347 e. The van der Waals surface area contributed by atoms with Crippen LogP contribution < -0.4 is 10.6 Å². The number of amides is 2. The van der Waals surface area contributed by atoms with Crippen LogP contribution in [0.5, 0.6) is 0 Å². The van der Waals surface area contributed by atoms with Crippen LogP contribution in [0.15, 0.2) is 48.5 Å². The first kappa shape index (κ1) is 23.3. The van der Waals surface area contributed by atoms with E-state index in [1.807, 2.05) is 39.0 Å². The van der Waals surface area contributed by atoms with E-state index in [1.54, 1.807) is 36.4 Å². The lowest BCUT2D eigenvalue weighted by molar-refractivity contribution is -0.126. The molecule has 0 aromatic heterocycles. The molecule has 0 radical (unpaired) electrons. The summed E-state index contributed by atoms with van der Waals surface area (Å²) in [5.74, 6) is -0.328. The van der Waals surface area contributed by atoms with Crippen LogP contribution in [0.1, 0.15) is 37.9 Å². The molecule has 7 heteroatoms. The minimum atomic E-state index is -0.831. The summed E-state index contributed by atoms with van der Waals surface area (Å²) in [5, 5.41) is 7.20. The van der Waals surface area contributed by atoms with Crippen molar-refractivity contribution in [1.29, 1.82) is 0 Å². The molecule has 0 saturated heterocycles. The maximum absolute atomic E-state index is 13.0. The van der Waals surface area contributed by atoms with Gasteiger partial charge in [0, 0.05) is 15.1 Å². The van der Waals surface area contributed by atoms with Crippen molar-refractivity contribution in [3.8, 4) is 0 Å². The summed E-state index contributed by atoms with van der Waals surface area (Å²) in [6, 6.07) is 10.8. The van der Waals surface area contributed by atoms with E-state index in [1.165, 1.54) is 0 Å². The molecule has 0 unspecified atom stereocenters. The van der Waals surface area contributed by atoms with Crippen molar-refractivity contribution < 1.29 is 9.59 Å². The molecule has 2 atom stereocenters. The quantitative estimate of drug-likeness (QED) is 0.530. The van der Waals surface area contributed by atoms with Crippen molar-refractivity contribution in [2.24, 2.45) is 5.41 Å². The Morgan fingerprint density at radius 3 is 2.17 bits per heavy atom. The number of carbonyl (C=O) groups is 2. The Morgan fingerprint density at radius 1 is 1.00 bits per heavy atom. The highest BCUT2D eigenvalue weighted by Gasteiger charge is 2.28. The molecule has 2 amide bonds. The van der Waals surface area contributed by atoms with Crippen LogP contribution in [-0.2, 0) is 9.59 Å². The molecule has 29 heavy (non-hydrogen) atoms. The van der Waals surface area contributed by atoms with Crippen molar-refractivity contribution in [3.63, 3.8) is 0 Å². The maximum atomic E-state index is 13.0. The lowest BCUT2D eigenvalue weighted by Crippen LogP contribution is -2.47. The van der Waals surface area contributed by atoms with E-state index in [-0.39, 0.29) is 17.4 Å². The van der Waals surface area contributed by atoms with E-state index in [0.717, 1.165) is 5.56 Å². The fraction of sp³-hybridized carbons (Fsp3) is 0.273. The normalized spacial score (nSPS) is 13.7. The molecule has 2 N–H and O–H groups in total. The van der Waals surface area contributed by atoms with Crippen molar-refractivity contribution >= 4 is 53.2 Å². The second kappa shape index (κ2) is 10.1. The van der Waals surface area contributed by atoms with Gasteiger partial charge in [0.1, 0.15) is 6.04 Å². The topological polar surface area (TPSA) is 58.2 Å². The van der Waals surface area contributed by atoms with Gasteiger partial charge >= 0.3 is 0 Å². The van der Waals surface area contributed by atoms with Gasteiger partial charge in [0.05, 0.1) is 6.04 Å². The third kappa shape index (κ3) is 6.77. The Bertz CT molecular complexity index is 890. The van der Waals surface area contributed by atoms with E-state index in [9.17, 15) is 9.59 Å². The summed E-state index contributed by atoms with van der Waals surface area (Å²) in [7, 11) is 0. The molecule has 2 aromatic rings. The van der Waals surface area contributed by atoms with Gasteiger partial charge in [-0.1, -0.05) is 85.9 Å². The first-order valence-electron chi connectivity index (χ1n) is 9.00. The number of hydrogen-bond donors (Lipinski definition) is 2. The monoisotopic (exact) mass is 452 g/mol. The highest BCUT2D eigenvalue weighted by atomic mass is 35.5. The fourth-order valence-electron chi connectivity index (χ4n) is 2.67. The van der Waals surface area contributed by atoms with Crippen molar-refractivity contribution in [2.45, 2.75) is 32.9 Å². The molecule has 0 spiro atoms.